The molecule has 0 aliphatic carbocycles. The van der Waals surface area contributed by atoms with Crippen molar-refractivity contribution in [1.29, 1.82) is 0 Å². The van der Waals surface area contributed by atoms with E-state index in [0.717, 1.165) is 14.4 Å². The maximum atomic E-state index is 14.4. The molecule has 0 atom stereocenters. The Morgan fingerprint density at radius 2 is 1.85 bits per heavy atom. The van der Waals surface area contributed by atoms with Crippen molar-refractivity contribution in [2.45, 2.75) is 11.4 Å². The van der Waals surface area contributed by atoms with E-state index in [1.807, 2.05) is 6.07 Å². The number of sulfonamides is 1. The van der Waals surface area contributed by atoms with Gasteiger partial charge in [0.15, 0.2) is 0 Å². The smallest absolute Gasteiger partial charge is 0.243 e. The minimum Gasteiger partial charge on any atom is -0.325 e. The second-order valence-electron chi connectivity index (χ2n) is 7.05. The lowest BCUT2D eigenvalue weighted by Gasteiger charge is -2.23. The Morgan fingerprint density at radius 3 is 2.58 bits per heavy atom. The van der Waals surface area contributed by atoms with Crippen LogP contribution in [0.3, 0.4) is 0 Å². The van der Waals surface area contributed by atoms with Gasteiger partial charge in [-0.05, 0) is 66.1 Å². The third-order valence-corrected chi connectivity index (χ3v) is 8.00. The topological polar surface area (TPSA) is 79.4 Å². The summed E-state index contributed by atoms with van der Waals surface area (Å²) in [5, 5.41) is 3.95. The first-order valence-corrected chi connectivity index (χ1v) is 12.5. The van der Waals surface area contributed by atoms with Crippen molar-refractivity contribution in [3.63, 3.8) is 0 Å². The average Bonchev–Trinajstić information content (AvgIpc) is 3.23. The van der Waals surface area contributed by atoms with Crippen molar-refractivity contribution >= 4 is 66.4 Å². The van der Waals surface area contributed by atoms with E-state index in [9.17, 15) is 17.6 Å². The van der Waals surface area contributed by atoms with Gasteiger partial charge in [-0.15, -0.1) is 0 Å². The van der Waals surface area contributed by atoms with Crippen molar-refractivity contribution in [3.05, 3.63) is 88.3 Å². The third-order valence-electron chi connectivity index (χ3n) is 4.80. The highest BCUT2D eigenvalue weighted by atomic mass is 35.5. The van der Waals surface area contributed by atoms with Gasteiger partial charge in [0.1, 0.15) is 5.82 Å². The molecule has 4 aromatic rings. The van der Waals surface area contributed by atoms with Crippen LogP contribution in [0.4, 0.5) is 10.1 Å². The Labute approximate surface area is 203 Å². The van der Waals surface area contributed by atoms with Crippen LogP contribution in [0.1, 0.15) is 5.56 Å². The summed E-state index contributed by atoms with van der Waals surface area (Å²) >= 11 is 13.3. The standard InChI is InChI=1S/C22H16Cl2FN3O3S2/c23-15-4-7-17(8-5-15)33(30,31)28(12-18-19(24)2-1-3-20(18)25)13-22(29)27-16-6-9-21-14(10-16)11-26-32-21/h1-11H,12-13H2,(H,27,29). The summed E-state index contributed by atoms with van der Waals surface area (Å²) < 4.78 is 47.0. The number of nitrogens with zero attached hydrogens (tertiary/aromatic N) is 2. The number of carbonyl (C=O) groups excluding carboxylic acids is 1. The average molecular weight is 524 g/mol. The number of benzene rings is 3. The lowest BCUT2D eigenvalue weighted by molar-refractivity contribution is -0.116. The molecule has 0 fully saturated rings. The van der Waals surface area contributed by atoms with E-state index >= 15 is 0 Å². The van der Waals surface area contributed by atoms with Gasteiger partial charge in [-0.2, -0.15) is 8.68 Å². The molecule has 0 aliphatic rings. The second-order valence-corrected chi connectivity index (χ2v) is 10.7. The van der Waals surface area contributed by atoms with Crippen LogP contribution in [0, 0.1) is 5.82 Å². The van der Waals surface area contributed by atoms with E-state index in [2.05, 4.69) is 9.69 Å². The zero-order valence-corrected chi connectivity index (χ0v) is 20.0. The molecule has 0 saturated carbocycles. The summed E-state index contributed by atoms with van der Waals surface area (Å²) in [4.78, 5) is 12.7. The highest BCUT2D eigenvalue weighted by molar-refractivity contribution is 7.89. The quantitative estimate of drug-likeness (QED) is 0.343. The van der Waals surface area contributed by atoms with Gasteiger partial charge in [-0.3, -0.25) is 4.79 Å². The molecule has 0 bridgehead atoms. The number of hydrogen-bond donors (Lipinski definition) is 1. The number of anilines is 1. The fraction of sp³-hybridized carbons (Fsp3) is 0.0909. The molecule has 3 aromatic carbocycles. The van der Waals surface area contributed by atoms with Crippen molar-refractivity contribution in [2.24, 2.45) is 0 Å². The molecule has 0 spiro atoms. The molecule has 4 rings (SSSR count). The Hall–Kier alpha value is -2.56. The van der Waals surface area contributed by atoms with Gasteiger partial charge >= 0.3 is 0 Å². The zero-order chi connectivity index (χ0) is 23.6. The number of rotatable bonds is 7. The van der Waals surface area contributed by atoms with Gasteiger partial charge in [0.2, 0.25) is 15.9 Å². The van der Waals surface area contributed by atoms with Crippen LogP contribution in [0.2, 0.25) is 10.0 Å². The Balaban J connectivity index is 1.64. The molecule has 0 aliphatic heterocycles. The summed E-state index contributed by atoms with van der Waals surface area (Å²) in [6.07, 6.45) is 1.67. The van der Waals surface area contributed by atoms with Crippen LogP contribution in [0.15, 0.2) is 71.8 Å². The van der Waals surface area contributed by atoms with E-state index in [4.69, 9.17) is 23.2 Å². The summed E-state index contributed by atoms with van der Waals surface area (Å²) in [6.45, 7) is -0.993. The summed E-state index contributed by atoms with van der Waals surface area (Å²) in [5.41, 5.74) is 0.454. The fourth-order valence-corrected chi connectivity index (χ4v) is 5.49. The van der Waals surface area contributed by atoms with Gasteiger partial charge in [-0.1, -0.05) is 29.3 Å². The van der Waals surface area contributed by atoms with E-state index in [1.165, 1.54) is 54.0 Å². The van der Waals surface area contributed by atoms with Gasteiger partial charge in [0.25, 0.3) is 0 Å². The predicted molar refractivity (Wildman–Crippen MR) is 129 cm³/mol. The number of amides is 1. The molecule has 33 heavy (non-hydrogen) atoms. The largest absolute Gasteiger partial charge is 0.325 e. The van der Waals surface area contributed by atoms with E-state index < -0.39 is 34.8 Å². The number of fused-ring (bicyclic) bond motifs is 1. The second kappa shape index (κ2) is 9.74. The molecule has 0 saturated heterocycles. The van der Waals surface area contributed by atoms with Crippen LogP contribution < -0.4 is 5.32 Å². The molecular formula is C22H16Cl2FN3O3S2. The Bertz CT molecular complexity index is 1410. The van der Waals surface area contributed by atoms with Gasteiger partial charge in [0, 0.05) is 39.4 Å². The van der Waals surface area contributed by atoms with Gasteiger partial charge < -0.3 is 5.32 Å². The molecule has 11 heteroatoms. The molecule has 6 nitrogen and oxygen atoms in total. The first-order valence-electron chi connectivity index (χ1n) is 9.57. The van der Waals surface area contributed by atoms with E-state index in [1.54, 1.807) is 18.3 Å². The molecule has 0 unspecified atom stereocenters. The van der Waals surface area contributed by atoms with Crippen LogP contribution in [-0.4, -0.2) is 29.5 Å². The predicted octanol–water partition coefficient (Wildman–Crippen LogP) is 5.57. The molecule has 0 radical (unpaired) electrons. The Kier molecular flexibility index (Phi) is 6.96. The van der Waals surface area contributed by atoms with Crippen molar-refractivity contribution < 1.29 is 17.6 Å². The van der Waals surface area contributed by atoms with Crippen molar-refractivity contribution in [3.8, 4) is 0 Å². The van der Waals surface area contributed by atoms with Gasteiger partial charge in [0.05, 0.1) is 16.1 Å². The maximum Gasteiger partial charge on any atom is 0.243 e. The molecule has 1 aromatic heterocycles. The maximum absolute atomic E-state index is 14.4. The molecule has 1 N–H and O–H groups in total. The van der Waals surface area contributed by atoms with Crippen molar-refractivity contribution in [1.82, 2.24) is 8.68 Å². The van der Waals surface area contributed by atoms with Crippen LogP contribution in [0.25, 0.3) is 10.1 Å². The minimum atomic E-state index is -4.18. The minimum absolute atomic E-state index is 0.0322. The van der Waals surface area contributed by atoms with Crippen LogP contribution >= 0.6 is 34.7 Å². The first-order chi connectivity index (χ1) is 15.7. The lowest BCUT2D eigenvalue weighted by atomic mass is 10.2. The molecule has 1 amide bonds. The highest BCUT2D eigenvalue weighted by Crippen LogP contribution is 2.26. The van der Waals surface area contributed by atoms with Crippen LogP contribution in [0.5, 0.6) is 0 Å². The Morgan fingerprint density at radius 1 is 1.09 bits per heavy atom. The van der Waals surface area contributed by atoms with E-state index in [-0.39, 0.29) is 15.5 Å². The third kappa shape index (κ3) is 5.34. The zero-order valence-electron chi connectivity index (χ0n) is 16.8. The summed E-state index contributed by atoms with van der Waals surface area (Å²) in [7, 11) is -4.18. The fourth-order valence-electron chi connectivity index (χ4n) is 3.15. The first kappa shape index (κ1) is 23.6. The summed E-state index contributed by atoms with van der Waals surface area (Å²) in [6, 6.07) is 14.8. The lowest BCUT2D eigenvalue weighted by Crippen LogP contribution is -2.37. The van der Waals surface area contributed by atoms with Gasteiger partial charge in [-0.25, -0.2) is 12.8 Å². The van der Waals surface area contributed by atoms with E-state index in [0.29, 0.717) is 10.7 Å². The number of carbonyl (C=O) groups is 1. The number of nitrogens with one attached hydrogen (secondary N) is 1. The number of halogens is 3. The van der Waals surface area contributed by atoms with Crippen LogP contribution in [-0.2, 0) is 21.4 Å². The normalized spacial score (nSPS) is 11.8. The molecule has 170 valence electrons. The number of hydrogen-bond acceptors (Lipinski definition) is 5. The monoisotopic (exact) mass is 523 g/mol. The molecule has 1 heterocycles. The number of aromatic nitrogens is 1. The SMILES string of the molecule is O=C(CN(Cc1c(F)cccc1Cl)S(=O)(=O)c1ccc(Cl)cc1)Nc1ccc2sncc2c1. The van der Waals surface area contributed by atoms with Crippen molar-refractivity contribution in [2.75, 3.05) is 11.9 Å². The molecular weight excluding hydrogens is 508 g/mol. The summed E-state index contributed by atoms with van der Waals surface area (Å²) in [5.74, 6) is -1.27. The highest BCUT2D eigenvalue weighted by Gasteiger charge is 2.28.